The summed E-state index contributed by atoms with van der Waals surface area (Å²) in [5.74, 6) is 1.48. The van der Waals surface area contributed by atoms with Gasteiger partial charge in [-0.05, 0) is 25.2 Å². The molecule has 1 aliphatic heterocycles. The second kappa shape index (κ2) is 5.09. The van der Waals surface area contributed by atoms with E-state index in [4.69, 9.17) is 0 Å². The van der Waals surface area contributed by atoms with Crippen LogP contribution in [-0.4, -0.2) is 62.2 Å². The first-order valence-electron chi connectivity index (χ1n) is 8.56. The van der Waals surface area contributed by atoms with Crippen molar-refractivity contribution in [1.82, 2.24) is 24.6 Å². The Hall–Kier alpha value is -2.32. The van der Waals surface area contributed by atoms with Gasteiger partial charge in [-0.2, -0.15) is 5.10 Å². The number of hydrogen-bond donors (Lipinski definition) is 0. The minimum atomic E-state index is -2.51. The number of piperazine rings is 1. The van der Waals surface area contributed by atoms with Gasteiger partial charge in [0.1, 0.15) is 17.9 Å². The number of nitrogens with zero attached hydrogens (tertiary/aromatic N) is 6. The van der Waals surface area contributed by atoms with Crippen LogP contribution in [0.4, 0.5) is 14.6 Å². The van der Waals surface area contributed by atoms with E-state index in [0.29, 0.717) is 30.1 Å². The van der Waals surface area contributed by atoms with E-state index < -0.39 is 13.0 Å². The number of amides is 1. The fraction of sp³-hybridized carbons (Fsp3) is 0.625. The molecule has 0 N–H and O–H groups in total. The zero-order valence-corrected chi connectivity index (χ0v) is 13.6. The lowest BCUT2D eigenvalue weighted by Gasteiger charge is -2.67. The first-order chi connectivity index (χ1) is 12.0. The van der Waals surface area contributed by atoms with Crippen LogP contribution in [0.2, 0.25) is 0 Å². The molecular weight excluding hydrogens is 330 g/mol. The minimum Gasteiger partial charge on any atom is -0.344 e. The molecule has 3 heterocycles. The Morgan fingerprint density at radius 1 is 1.24 bits per heavy atom. The summed E-state index contributed by atoms with van der Waals surface area (Å²) in [7, 11) is 0. The average molecular weight is 348 g/mol. The normalized spacial score (nSPS) is 28.4. The number of aromatic nitrogens is 4. The summed E-state index contributed by atoms with van der Waals surface area (Å²) in [5, 5.41) is 3.92. The smallest absolute Gasteiger partial charge is 0.258 e. The molecule has 6 rings (SSSR count). The Morgan fingerprint density at radius 2 is 2.04 bits per heavy atom. The van der Waals surface area contributed by atoms with Crippen molar-refractivity contribution in [3.63, 3.8) is 0 Å². The van der Waals surface area contributed by atoms with E-state index in [1.165, 1.54) is 6.20 Å². The minimum absolute atomic E-state index is 0.118. The van der Waals surface area contributed by atoms with Crippen molar-refractivity contribution in [3.05, 3.63) is 12.4 Å². The van der Waals surface area contributed by atoms with Gasteiger partial charge >= 0.3 is 0 Å². The highest BCUT2D eigenvalue weighted by Crippen LogP contribution is 2.60. The van der Waals surface area contributed by atoms with Crippen molar-refractivity contribution in [2.75, 3.05) is 24.5 Å². The molecule has 4 aliphatic rings. The van der Waals surface area contributed by atoms with Crippen LogP contribution in [0.1, 0.15) is 19.3 Å². The largest absolute Gasteiger partial charge is 0.344 e. The Morgan fingerprint density at radius 3 is 2.68 bits per heavy atom. The van der Waals surface area contributed by atoms with Gasteiger partial charge in [0.05, 0.1) is 18.9 Å². The van der Waals surface area contributed by atoms with E-state index in [2.05, 4.69) is 15.1 Å². The first-order valence-corrected chi connectivity index (χ1v) is 8.56. The highest BCUT2D eigenvalue weighted by Gasteiger charge is 2.61. The molecule has 0 aromatic carbocycles. The molecule has 7 nitrogen and oxygen atoms in total. The molecule has 0 atom stereocenters. The average Bonchev–Trinajstić information content (AvgIpc) is 2.88. The molecule has 1 saturated heterocycles. The number of halogens is 2. The van der Waals surface area contributed by atoms with Gasteiger partial charge in [0.25, 0.3) is 6.43 Å². The molecule has 2 aromatic heterocycles. The van der Waals surface area contributed by atoms with Crippen LogP contribution in [0.3, 0.4) is 0 Å². The van der Waals surface area contributed by atoms with Crippen LogP contribution >= 0.6 is 0 Å². The van der Waals surface area contributed by atoms with Crippen molar-refractivity contribution < 1.29 is 13.6 Å². The molecule has 1 amide bonds. The van der Waals surface area contributed by atoms with Gasteiger partial charge in [-0.1, -0.05) is 0 Å². The van der Waals surface area contributed by atoms with Gasteiger partial charge < -0.3 is 9.80 Å². The third-order valence-electron chi connectivity index (χ3n) is 5.77. The maximum absolute atomic E-state index is 12.7. The molecule has 9 heteroatoms. The van der Waals surface area contributed by atoms with Crippen molar-refractivity contribution in [3.8, 4) is 0 Å². The zero-order chi connectivity index (χ0) is 17.2. The molecular formula is C16H18F2N6O. The molecule has 0 spiro atoms. The summed E-state index contributed by atoms with van der Waals surface area (Å²) >= 11 is 0. The van der Waals surface area contributed by atoms with E-state index in [1.54, 1.807) is 6.20 Å². The van der Waals surface area contributed by atoms with E-state index in [-0.39, 0.29) is 18.0 Å². The number of anilines is 1. The van der Waals surface area contributed by atoms with E-state index in [1.807, 2.05) is 9.80 Å². The third kappa shape index (κ3) is 2.21. The standard InChI is InChI=1S/C16H18F2N6O/c17-12(18)8-24-15-11(6-20-24)19-7-13(21-15)22-1-2-23(14(25)9-22)16-3-10(4-16)5-16/h6-7,10,12H,1-5,8-9H2. The lowest BCUT2D eigenvalue weighted by atomic mass is 9.49. The fourth-order valence-corrected chi connectivity index (χ4v) is 4.39. The summed E-state index contributed by atoms with van der Waals surface area (Å²) in [5.41, 5.74) is 0.939. The van der Waals surface area contributed by atoms with Gasteiger partial charge in [0, 0.05) is 18.6 Å². The molecule has 3 aliphatic carbocycles. The van der Waals surface area contributed by atoms with Crippen LogP contribution in [0.15, 0.2) is 12.4 Å². The predicted octanol–water partition coefficient (Wildman–Crippen LogP) is 1.29. The van der Waals surface area contributed by atoms with Crippen LogP contribution in [0.5, 0.6) is 0 Å². The van der Waals surface area contributed by atoms with Gasteiger partial charge in [-0.25, -0.2) is 23.4 Å². The number of carbonyl (C=O) groups is 1. The number of carbonyl (C=O) groups excluding carboxylic acids is 1. The van der Waals surface area contributed by atoms with Gasteiger partial charge in [-0.15, -0.1) is 0 Å². The monoisotopic (exact) mass is 348 g/mol. The van der Waals surface area contributed by atoms with Crippen LogP contribution in [-0.2, 0) is 11.3 Å². The summed E-state index contributed by atoms with van der Waals surface area (Å²) < 4.78 is 26.5. The number of fused-ring (bicyclic) bond motifs is 1. The van der Waals surface area contributed by atoms with Crippen molar-refractivity contribution in [2.45, 2.75) is 37.8 Å². The first kappa shape index (κ1) is 15.0. The molecule has 25 heavy (non-hydrogen) atoms. The second-order valence-electron chi connectivity index (χ2n) is 7.32. The van der Waals surface area contributed by atoms with Gasteiger partial charge in [-0.3, -0.25) is 4.79 Å². The molecule has 132 valence electrons. The lowest BCUT2D eigenvalue weighted by molar-refractivity contribution is -0.172. The Balaban J connectivity index is 1.37. The maximum atomic E-state index is 12.7. The van der Waals surface area contributed by atoms with Crippen LogP contribution < -0.4 is 4.90 Å². The summed E-state index contributed by atoms with van der Waals surface area (Å²) in [6, 6.07) is 0. The maximum Gasteiger partial charge on any atom is 0.258 e. The highest BCUT2D eigenvalue weighted by atomic mass is 19.3. The zero-order valence-electron chi connectivity index (χ0n) is 13.6. The molecule has 4 fully saturated rings. The van der Waals surface area contributed by atoms with Crippen LogP contribution in [0, 0.1) is 5.92 Å². The van der Waals surface area contributed by atoms with E-state index in [0.717, 1.165) is 29.9 Å². The molecule has 0 radical (unpaired) electrons. The summed E-state index contributed by atoms with van der Waals surface area (Å²) in [6.07, 6.45) is 3.96. The number of hydrogen-bond acceptors (Lipinski definition) is 5. The van der Waals surface area contributed by atoms with E-state index >= 15 is 0 Å². The van der Waals surface area contributed by atoms with Gasteiger partial charge in [0.15, 0.2) is 5.65 Å². The van der Waals surface area contributed by atoms with Crippen molar-refractivity contribution in [1.29, 1.82) is 0 Å². The Labute approximate surface area is 142 Å². The van der Waals surface area contributed by atoms with Crippen molar-refractivity contribution >= 4 is 22.9 Å². The number of alkyl halides is 2. The van der Waals surface area contributed by atoms with Crippen molar-refractivity contribution in [2.24, 2.45) is 5.92 Å². The summed E-state index contributed by atoms with van der Waals surface area (Å²) in [4.78, 5) is 25.2. The third-order valence-corrected chi connectivity index (χ3v) is 5.77. The molecule has 0 unspecified atom stereocenters. The quantitative estimate of drug-likeness (QED) is 0.833. The highest BCUT2D eigenvalue weighted by molar-refractivity contribution is 5.84. The molecule has 2 bridgehead atoms. The van der Waals surface area contributed by atoms with E-state index in [9.17, 15) is 13.6 Å². The van der Waals surface area contributed by atoms with Gasteiger partial charge in [0.2, 0.25) is 5.91 Å². The van der Waals surface area contributed by atoms with Crippen LogP contribution in [0.25, 0.3) is 11.2 Å². The SMILES string of the molecule is O=C1CN(c2cnc3cnn(CC(F)F)c3n2)CCN1C12CC(C1)C2. The number of rotatable bonds is 4. The Bertz CT molecular complexity index is 835. The predicted molar refractivity (Wildman–Crippen MR) is 85.3 cm³/mol. The molecule has 2 aromatic rings. The lowest BCUT2D eigenvalue weighted by Crippen LogP contribution is -2.72. The second-order valence-corrected chi connectivity index (χ2v) is 7.32. The Kier molecular flexibility index (Phi) is 3.05. The fourth-order valence-electron chi connectivity index (χ4n) is 4.39. The molecule has 3 saturated carbocycles. The topological polar surface area (TPSA) is 67.2 Å². The summed E-state index contributed by atoms with van der Waals surface area (Å²) in [6.45, 7) is 1.11.